The topological polar surface area (TPSA) is 35.5 Å². The van der Waals surface area contributed by atoms with Gasteiger partial charge in [-0.15, -0.1) is 0 Å². The number of hydrogen-bond donors (Lipinski definition) is 0. The molecule has 2 rings (SSSR count). The molecule has 0 saturated carbocycles. The SMILES string of the molecule is C=Cc1ccc(C(=O)OC)cc1OCc1ccccc1. The van der Waals surface area contributed by atoms with Gasteiger partial charge in [-0.2, -0.15) is 0 Å². The first kappa shape index (κ1) is 13.9. The number of methoxy groups -OCH3 is 1. The lowest BCUT2D eigenvalue weighted by atomic mass is 10.1. The van der Waals surface area contributed by atoms with Gasteiger partial charge in [0, 0.05) is 5.56 Å². The van der Waals surface area contributed by atoms with Gasteiger partial charge in [0.25, 0.3) is 0 Å². The smallest absolute Gasteiger partial charge is 0.337 e. The van der Waals surface area contributed by atoms with Gasteiger partial charge in [-0.1, -0.05) is 49.1 Å². The van der Waals surface area contributed by atoms with E-state index in [1.807, 2.05) is 30.3 Å². The fraction of sp³-hybridized carbons (Fsp3) is 0.118. The Morgan fingerprint density at radius 1 is 1.20 bits per heavy atom. The van der Waals surface area contributed by atoms with Crippen molar-refractivity contribution < 1.29 is 14.3 Å². The molecule has 0 heterocycles. The van der Waals surface area contributed by atoms with Crippen LogP contribution in [0.1, 0.15) is 21.5 Å². The molecule has 2 aromatic rings. The fourth-order valence-electron chi connectivity index (χ4n) is 1.81. The predicted molar refractivity (Wildman–Crippen MR) is 78.6 cm³/mol. The molecule has 0 saturated heterocycles. The average molecular weight is 268 g/mol. The van der Waals surface area contributed by atoms with Gasteiger partial charge in [-0.3, -0.25) is 0 Å². The van der Waals surface area contributed by atoms with E-state index in [4.69, 9.17) is 9.47 Å². The molecule has 0 aliphatic rings. The van der Waals surface area contributed by atoms with Gasteiger partial charge < -0.3 is 9.47 Å². The molecule has 3 nitrogen and oxygen atoms in total. The molecule has 0 radical (unpaired) electrons. The van der Waals surface area contributed by atoms with E-state index in [2.05, 4.69) is 6.58 Å². The summed E-state index contributed by atoms with van der Waals surface area (Å²) in [7, 11) is 1.36. The van der Waals surface area contributed by atoms with Gasteiger partial charge in [-0.25, -0.2) is 4.79 Å². The van der Waals surface area contributed by atoms with Gasteiger partial charge in [-0.05, 0) is 17.7 Å². The maximum absolute atomic E-state index is 11.5. The molecule has 102 valence electrons. The first-order chi connectivity index (χ1) is 9.74. The maximum atomic E-state index is 11.5. The maximum Gasteiger partial charge on any atom is 0.337 e. The van der Waals surface area contributed by atoms with Gasteiger partial charge in [0.1, 0.15) is 12.4 Å². The predicted octanol–water partition coefficient (Wildman–Crippen LogP) is 3.70. The standard InChI is InChI=1S/C17H16O3/c1-3-14-9-10-15(17(18)19-2)11-16(14)20-12-13-7-5-4-6-8-13/h3-11H,1,12H2,2H3. The van der Waals surface area contributed by atoms with Crippen molar-refractivity contribution in [3.05, 3.63) is 71.8 Å². The number of benzene rings is 2. The highest BCUT2D eigenvalue weighted by molar-refractivity contribution is 5.90. The molecule has 0 aliphatic carbocycles. The van der Waals surface area contributed by atoms with Crippen LogP contribution < -0.4 is 4.74 Å². The second-order valence-corrected chi connectivity index (χ2v) is 4.22. The lowest BCUT2D eigenvalue weighted by Gasteiger charge is -2.11. The number of rotatable bonds is 5. The Kier molecular flexibility index (Phi) is 4.56. The second-order valence-electron chi connectivity index (χ2n) is 4.22. The Hall–Kier alpha value is -2.55. The molecule has 3 heteroatoms. The summed E-state index contributed by atoms with van der Waals surface area (Å²) in [5.41, 5.74) is 2.36. The number of carbonyl (C=O) groups is 1. The van der Waals surface area contributed by atoms with Crippen LogP contribution in [0.15, 0.2) is 55.1 Å². The normalized spacial score (nSPS) is 9.85. The van der Waals surface area contributed by atoms with Gasteiger partial charge >= 0.3 is 5.97 Å². The molecule has 0 aliphatic heterocycles. The van der Waals surface area contributed by atoms with E-state index in [1.165, 1.54) is 7.11 Å². The van der Waals surface area contributed by atoms with E-state index in [-0.39, 0.29) is 5.97 Å². The molecular formula is C17H16O3. The zero-order valence-electron chi connectivity index (χ0n) is 11.3. The Morgan fingerprint density at radius 3 is 2.60 bits per heavy atom. The van der Waals surface area contributed by atoms with Crippen LogP contribution >= 0.6 is 0 Å². The molecule has 0 unspecified atom stereocenters. The van der Waals surface area contributed by atoms with Crippen molar-refractivity contribution >= 4 is 12.0 Å². The van der Waals surface area contributed by atoms with Crippen LogP contribution in [-0.4, -0.2) is 13.1 Å². The van der Waals surface area contributed by atoms with Crippen molar-refractivity contribution in [2.45, 2.75) is 6.61 Å². The third kappa shape index (κ3) is 3.26. The molecule has 2 aromatic carbocycles. The summed E-state index contributed by atoms with van der Waals surface area (Å²) in [5, 5.41) is 0. The van der Waals surface area contributed by atoms with E-state index >= 15 is 0 Å². The molecule has 20 heavy (non-hydrogen) atoms. The zero-order chi connectivity index (χ0) is 14.4. The monoisotopic (exact) mass is 268 g/mol. The van der Waals surface area contributed by atoms with E-state index in [0.29, 0.717) is 17.9 Å². The molecule has 0 N–H and O–H groups in total. The summed E-state index contributed by atoms with van der Waals surface area (Å²) in [6, 6.07) is 15.0. The van der Waals surface area contributed by atoms with Crippen molar-refractivity contribution in [1.82, 2.24) is 0 Å². The van der Waals surface area contributed by atoms with Crippen LogP contribution in [0.3, 0.4) is 0 Å². The molecule has 0 aromatic heterocycles. The summed E-state index contributed by atoms with van der Waals surface area (Å²) < 4.78 is 10.5. The minimum Gasteiger partial charge on any atom is -0.488 e. The fourth-order valence-corrected chi connectivity index (χ4v) is 1.81. The number of hydrogen-bond acceptors (Lipinski definition) is 3. The minimum atomic E-state index is -0.384. The highest BCUT2D eigenvalue weighted by atomic mass is 16.5. The van der Waals surface area contributed by atoms with Crippen LogP contribution in [0.25, 0.3) is 6.08 Å². The lowest BCUT2D eigenvalue weighted by Crippen LogP contribution is -2.03. The van der Waals surface area contributed by atoms with Crippen LogP contribution in [-0.2, 0) is 11.3 Å². The van der Waals surface area contributed by atoms with Crippen LogP contribution in [0.4, 0.5) is 0 Å². The van der Waals surface area contributed by atoms with Crippen LogP contribution in [0.5, 0.6) is 5.75 Å². The summed E-state index contributed by atoms with van der Waals surface area (Å²) in [4.78, 5) is 11.5. The highest BCUT2D eigenvalue weighted by Crippen LogP contribution is 2.23. The first-order valence-electron chi connectivity index (χ1n) is 6.26. The second kappa shape index (κ2) is 6.57. The Balaban J connectivity index is 2.20. The van der Waals surface area contributed by atoms with Gasteiger partial charge in [0.05, 0.1) is 12.7 Å². The Labute approximate surface area is 118 Å². The lowest BCUT2D eigenvalue weighted by molar-refractivity contribution is 0.0600. The molecule has 0 atom stereocenters. The zero-order valence-corrected chi connectivity index (χ0v) is 11.3. The van der Waals surface area contributed by atoms with Crippen LogP contribution in [0, 0.1) is 0 Å². The molecule has 0 bridgehead atoms. The number of carbonyl (C=O) groups excluding carboxylic acids is 1. The van der Waals surface area contributed by atoms with Gasteiger partial charge in [0.15, 0.2) is 0 Å². The van der Waals surface area contributed by atoms with Crippen LogP contribution in [0.2, 0.25) is 0 Å². The summed E-state index contributed by atoms with van der Waals surface area (Å²) in [6.45, 7) is 4.18. The van der Waals surface area contributed by atoms with Crippen molar-refractivity contribution in [3.63, 3.8) is 0 Å². The van der Waals surface area contributed by atoms with E-state index in [0.717, 1.165) is 11.1 Å². The van der Waals surface area contributed by atoms with Gasteiger partial charge in [0.2, 0.25) is 0 Å². The van der Waals surface area contributed by atoms with Crippen molar-refractivity contribution in [3.8, 4) is 5.75 Å². The van der Waals surface area contributed by atoms with E-state index in [1.54, 1.807) is 24.3 Å². The summed E-state index contributed by atoms with van der Waals surface area (Å²) in [5.74, 6) is 0.233. The molecule has 0 spiro atoms. The highest BCUT2D eigenvalue weighted by Gasteiger charge is 2.09. The average Bonchev–Trinajstić information content (AvgIpc) is 2.52. The Bertz CT molecular complexity index is 603. The number of esters is 1. The van der Waals surface area contributed by atoms with E-state index < -0.39 is 0 Å². The largest absolute Gasteiger partial charge is 0.488 e. The number of ether oxygens (including phenoxy) is 2. The minimum absolute atomic E-state index is 0.384. The van der Waals surface area contributed by atoms with Crippen molar-refractivity contribution in [2.75, 3.05) is 7.11 Å². The van der Waals surface area contributed by atoms with E-state index in [9.17, 15) is 4.79 Å². The summed E-state index contributed by atoms with van der Waals surface area (Å²) >= 11 is 0. The first-order valence-corrected chi connectivity index (χ1v) is 6.26. The quantitative estimate of drug-likeness (QED) is 0.776. The third-order valence-corrected chi connectivity index (χ3v) is 2.89. The molecule has 0 fully saturated rings. The Morgan fingerprint density at radius 2 is 1.95 bits per heavy atom. The molecular weight excluding hydrogens is 252 g/mol. The third-order valence-electron chi connectivity index (χ3n) is 2.89. The van der Waals surface area contributed by atoms with Crippen molar-refractivity contribution in [2.24, 2.45) is 0 Å². The molecule has 0 amide bonds. The summed E-state index contributed by atoms with van der Waals surface area (Å²) in [6.07, 6.45) is 1.70. The van der Waals surface area contributed by atoms with Crippen molar-refractivity contribution in [1.29, 1.82) is 0 Å².